The second-order valence-electron chi connectivity index (χ2n) is 7.07. The first-order valence-electron chi connectivity index (χ1n) is 9.72. The van der Waals surface area contributed by atoms with Crippen molar-refractivity contribution in [2.75, 3.05) is 25.4 Å². The van der Waals surface area contributed by atoms with Gasteiger partial charge in [-0.3, -0.25) is 4.79 Å². The molecule has 9 heteroatoms. The molecule has 1 aliphatic rings. The molecule has 2 aromatic carbocycles. The molecule has 2 aromatic rings. The lowest BCUT2D eigenvalue weighted by atomic mass is 10.1. The Labute approximate surface area is 192 Å². The monoisotopic (exact) mass is 486 g/mol. The second kappa shape index (κ2) is 10.9. The van der Waals surface area contributed by atoms with Crippen LogP contribution in [0.15, 0.2) is 42.5 Å². The molecule has 1 heterocycles. The molecular formula is C21H24Cl2N2O3S2. The van der Waals surface area contributed by atoms with Crippen LogP contribution in [0.25, 0.3) is 0 Å². The Hall–Kier alpha value is -1.25. The van der Waals surface area contributed by atoms with Crippen molar-refractivity contribution in [2.24, 2.45) is 0 Å². The van der Waals surface area contributed by atoms with E-state index in [4.69, 9.17) is 23.2 Å². The van der Waals surface area contributed by atoms with E-state index in [0.29, 0.717) is 46.6 Å². The van der Waals surface area contributed by atoms with Crippen LogP contribution in [0, 0.1) is 0 Å². The minimum absolute atomic E-state index is 0.0316. The molecule has 1 aliphatic heterocycles. The summed E-state index contributed by atoms with van der Waals surface area (Å²) in [4.78, 5) is 12.3. The fourth-order valence-corrected chi connectivity index (χ4v) is 6.41. The fourth-order valence-electron chi connectivity index (χ4n) is 3.20. The van der Waals surface area contributed by atoms with Crippen LogP contribution in [0.2, 0.25) is 10.0 Å². The second-order valence-corrected chi connectivity index (χ2v) is 11.0. The van der Waals surface area contributed by atoms with Crippen LogP contribution >= 0.6 is 35.0 Å². The SMILES string of the molecule is O=C(NCCSCc1c(Cl)cccc1Cl)c1ccc(CS(=O)(=O)N2CCCC2)cc1. The number of rotatable bonds is 9. The molecule has 0 atom stereocenters. The molecule has 162 valence electrons. The Morgan fingerprint density at radius 2 is 1.67 bits per heavy atom. The molecular weight excluding hydrogens is 463 g/mol. The summed E-state index contributed by atoms with van der Waals surface area (Å²) >= 11 is 13.9. The highest BCUT2D eigenvalue weighted by Gasteiger charge is 2.25. The molecule has 1 fully saturated rings. The summed E-state index contributed by atoms with van der Waals surface area (Å²) in [6, 6.07) is 12.2. The standard InChI is InChI=1S/C21H24Cl2N2O3S2/c22-19-4-3-5-20(23)18(19)14-29-13-10-24-21(26)17-8-6-16(7-9-17)15-30(27,28)25-11-1-2-12-25/h3-9H,1-2,10-15H2,(H,24,26). The van der Waals surface area contributed by atoms with Gasteiger partial charge in [0.2, 0.25) is 10.0 Å². The molecule has 0 aromatic heterocycles. The van der Waals surface area contributed by atoms with E-state index in [2.05, 4.69) is 5.32 Å². The first kappa shape index (κ1) is 23.4. The van der Waals surface area contributed by atoms with Crippen molar-refractivity contribution in [3.05, 3.63) is 69.2 Å². The average molecular weight is 487 g/mol. The topological polar surface area (TPSA) is 66.5 Å². The smallest absolute Gasteiger partial charge is 0.251 e. The molecule has 30 heavy (non-hydrogen) atoms. The minimum atomic E-state index is -3.28. The van der Waals surface area contributed by atoms with Gasteiger partial charge in [-0.2, -0.15) is 11.8 Å². The van der Waals surface area contributed by atoms with Crippen LogP contribution in [-0.4, -0.2) is 44.0 Å². The zero-order chi connectivity index (χ0) is 21.6. The number of sulfonamides is 1. The highest BCUT2D eigenvalue weighted by atomic mass is 35.5. The van der Waals surface area contributed by atoms with Gasteiger partial charge in [-0.15, -0.1) is 0 Å². The molecule has 0 unspecified atom stereocenters. The lowest BCUT2D eigenvalue weighted by Gasteiger charge is -2.15. The quantitative estimate of drug-likeness (QED) is 0.526. The summed E-state index contributed by atoms with van der Waals surface area (Å²) in [5.74, 6) is 1.18. The van der Waals surface area contributed by atoms with Gasteiger partial charge in [0.05, 0.1) is 5.75 Å². The highest BCUT2D eigenvalue weighted by molar-refractivity contribution is 7.98. The van der Waals surface area contributed by atoms with Gasteiger partial charge in [-0.25, -0.2) is 12.7 Å². The number of thioether (sulfide) groups is 1. The number of carbonyl (C=O) groups excluding carboxylic acids is 1. The van der Waals surface area contributed by atoms with Crippen LogP contribution in [0.3, 0.4) is 0 Å². The molecule has 0 saturated carbocycles. The van der Waals surface area contributed by atoms with E-state index in [1.54, 1.807) is 40.3 Å². The predicted octanol–water partition coefficient (Wildman–Crippen LogP) is 4.58. The fraction of sp³-hybridized carbons (Fsp3) is 0.381. The first-order chi connectivity index (χ1) is 14.4. The Bertz CT molecular complexity index is 956. The highest BCUT2D eigenvalue weighted by Crippen LogP contribution is 2.28. The van der Waals surface area contributed by atoms with E-state index < -0.39 is 10.0 Å². The Morgan fingerprint density at radius 1 is 1.03 bits per heavy atom. The summed E-state index contributed by atoms with van der Waals surface area (Å²) in [6.45, 7) is 1.71. The predicted molar refractivity (Wildman–Crippen MR) is 125 cm³/mol. The number of hydrogen-bond acceptors (Lipinski definition) is 4. The van der Waals surface area contributed by atoms with Crippen molar-refractivity contribution in [1.82, 2.24) is 9.62 Å². The third-order valence-electron chi connectivity index (χ3n) is 4.86. The average Bonchev–Trinajstić information content (AvgIpc) is 3.26. The van der Waals surface area contributed by atoms with E-state index in [1.165, 1.54) is 0 Å². The van der Waals surface area contributed by atoms with Crippen LogP contribution in [-0.2, 0) is 21.5 Å². The Morgan fingerprint density at radius 3 is 2.30 bits per heavy atom. The summed E-state index contributed by atoms with van der Waals surface area (Å²) in [5, 5.41) is 4.16. The first-order valence-corrected chi connectivity index (χ1v) is 13.2. The van der Waals surface area contributed by atoms with Gasteiger partial charge in [0, 0.05) is 46.7 Å². The zero-order valence-electron chi connectivity index (χ0n) is 16.4. The third kappa shape index (κ3) is 6.37. The molecule has 0 radical (unpaired) electrons. The molecule has 1 saturated heterocycles. The van der Waals surface area contributed by atoms with Gasteiger partial charge in [0.15, 0.2) is 0 Å². The maximum absolute atomic E-state index is 12.4. The van der Waals surface area contributed by atoms with Gasteiger partial charge >= 0.3 is 0 Å². The summed E-state index contributed by atoms with van der Waals surface area (Å²) < 4.78 is 26.3. The molecule has 5 nitrogen and oxygen atoms in total. The largest absolute Gasteiger partial charge is 0.351 e. The Kier molecular flexibility index (Phi) is 8.48. The molecule has 0 bridgehead atoms. The van der Waals surface area contributed by atoms with Crippen molar-refractivity contribution in [2.45, 2.75) is 24.3 Å². The molecule has 1 N–H and O–H groups in total. The number of amides is 1. The van der Waals surface area contributed by atoms with Crippen LogP contribution in [0.5, 0.6) is 0 Å². The van der Waals surface area contributed by atoms with Gasteiger partial charge in [0.1, 0.15) is 0 Å². The van der Waals surface area contributed by atoms with Gasteiger partial charge in [-0.05, 0) is 48.2 Å². The summed E-state index contributed by atoms with van der Waals surface area (Å²) in [6.07, 6.45) is 1.84. The van der Waals surface area contributed by atoms with E-state index in [9.17, 15) is 13.2 Å². The van der Waals surface area contributed by atoms with Gasteiger partial charge < -0.3 is 5.32 Å². The number of benzene rings is 2. The van der Waals surface area contributed by atoms with E-state index in [1.807, 2.05) is 18.2 Å². The van der Waals surface area contributed by atoms with E-state index >= 15 is 0 Å². The van der Waals surface area contributed by atoms with Crippen molar-refractivity contribution in [1.29, 1.82) is 0 Å². The maximum Gasteiger partial charge on any atom is 0.251 e. The molecule has 3 rings (SSSR count). The van der Waals surface area contributed by atoms with E-state index in [-0.39, 0.29) is 11.7 Å². The number of nitrogens with one attached hydrogen (secondary N) is 1. The number of nitrogens with zero attached hydrogens (tertiary/aromatic N) is 1. The third-order valence-corrected chi connectivity index (χ3v) is 8.41. The molecule has 0 aliphatic carbocycles. The van der Waals surface area contributed by atoms with Crippen LogP contribution in [0.4, 0.5) is 0 Å². The lowest BCUT2D eigenvalue weighted by molar-refractivity contribution is 0.0956. The van der Waals surface area contributed by atoms with Crippen molar-refractivity contribution in [3.63, 3.8) is 0 Å². The normalized spacial score (nSPS) is 14.7. The Balaban J connectivity index is 1.43. The van der Waals surface area contributed by atoms with Crippen LogP contribution in [0.1, 0.15) is 34.3 Å². The minimum Gasteiger partial charge on any atom is -0.351 e. The van der Waals surface area contributed by atoms with Crippen molar-refractivity contribution in [3.8, 4) is 0 Å². The zero-order valence-corrected chi connectivity index (χ0v) is 19.6. The summed E-state index contributed by atoms with van der Waals surface area (Å²) in [7, 11) is -3.28. The molecule has 0 spiro atoms. The van der Waals surface area contributed by atoms with Crippen molar-refractivity contribution >= 4 is 50.9 Å². The maximum atomic E-state index is 12.4. The number of hydrogen-bond donors (Lipinski definition) is 1. The number of carbonyl (C=O) groups is 1. The van der Waals surface area contributed by atoms with Gasteiger partial charge in [0.25, 0.3) is 5.91 Å². The summed E-state index contributed by atoms with van der Waals surface area (Å²) in [5.41, 5.74) is 2.10. The number of halogens is 2. The van der Waals surface area contributed by atoms with Gasteiger partial charge in [-0.1, -0.05) is 41.4 Å². The lowest BCUT2D eigenvalue weighted by Crippen LogP contribution is -2.29. The molecule has 1 amide bonds. The van der Waals surface area contributed by atoms with Crippen molar-refractivity contribution < 1.29 is 13.2 Å². The van der Waals surface area contributed by atoms with E-state index in [0.717, 1.165) is 24.2 Å². The van der Waals surface area contributed by atoms with Crippen LogP contribution < -0.4 is 5.32 Å².